The minimum atomic E-state index is -0.312. The number of furan rings is 1. The maximum absolute atomic E-state index is 13.0. The number of nitrogens with one attached hydrogen (secondary N) is 1. The molecule has 0 saturated heterocycles. The predicted molar refractivity (Wildman–Crippen MR) is 60.7 cm³/mol. The summed E-state index contributed by atoms with van der Waals surface area (Å²) in [5, 5.41) is 3.59. The summed E-state index contributed by atoms with van der Waals surface area (Å²) in [6.45, 7) is 1.26. The van der Waals surface area contributed by atoms with Crippen LogP contribution in [0.3, 0.4) is 0 Å². The minimum Gasteiger partial charge on any atom is -0.472 e. The number of rotatable bonds is 4. The first-order valence-corrected chi connectivity index (χ1v) is 5.28. The summed E-state index contributed by atoms with van der Waals surface area (Å²) in [5.74, 6) is -0.312. The second-order valence-electron chi connectivity index (χ2n) is 3.51. The Labute approximate surface area is 98.0 Å². The van der Waals surface area contributed by atoms with Gasteiger partial charge < -0.3 is 9.73 Å². The molecule has 1 aromatic carbocycles. The number of hydrogen-bond acceptors (Lipinski definition) is 2. The smallest absolute Gasteiger partial charge is 0.125 e. The van der Waals surface area contributed by atoms with Crippen LogP contribution in [-0.4, -0.2) is 0 Å². The molecule has 0 aliphatic heterocycles. The van der Waals surface area contributed by atoms with Crippen LogP contribution < -0.4 is 5.32 Å². The molecule has 0 atom stereocenters. The molecule has 2 aromatic rings. The van der Waals surface area contributed by atoms with E-state index in [1.807, 2.05) is 6.07 Å². The Morgan fingerprint density at radius 3 is 2.69 bits per heavy atom. The normalized spacial score (nSPS) is 10.6. The molecule has 0 fully saturated rings. The first-order chi connectivity index (χ1) is 7.74. The average molecular weight is 240 g/mol. The number of hydrogen-bond donors (Lipinski definition) is 1. The minimum absolute atomic E-state index is 0.312. The van der Waals surface area contributed by atoms with E-state index in [9.17, 15) is 4.39 Å². The molecule has 16 heavy (non-hydrogen) atoms. The maximum atomic E-state index is 13.0. The molecule has 1 heterocycles. The summed E-state index contributed by atoms with van der Waals surface area (Å²) < 4.78 is 17.9. The summed E-state index contributed by atoms with van der Waals surface area (Å²) in [7, 11) is 0. The molecule has 1 aromatic heterocycles. The van der Waals surface area contributed by atoms with Gasteiger partial charge in [0.25, 0.3) is 0 Å². The van der Waals surface area contributed by atoms with Gasteiger partial charge in [-0.25, -0.2) is 4.39 Å². The third-order valence-electron chi connectivity index (χ3n) is 2.16. The summed E-state index contributed by atoms with van der Waals surface area (Å²) in [4.78, 5) is 0. The summed E-state index contributed by atoms with van der Waals surface area (Å²) in [6.07, 6.45) is 3.29. The van der Waals surface area contributed by atoms with Crippen LogP contribution in [-0.2, 0) is 13.1 Å². The molecule has 0 bridgehead atoms. The van der Waals surface area contributed by atoms with Gasteiger partial charge in [-0.3, -0.25) is 0 Å². The molecule has 0 aliphatic rings. The summed E-state index contributed by atoms with van der Waals surface area (Å²) in [5.41, 5.74) is 1.89. The summed E-state index contributed by atoms with van der Waals surface area (Å²) in [6, 6.07) is 6.38. The van der Waals surface area contributed by atoms with Crippen LogP contribution >= 0.6 is 11.6 Å². The van der Waals surface area contributed by atoms with E-state index in [-0.39, 0.29) is 5.82 Å². The molecule has 0 unspecified atom stereocenters. The molecule has 0 aliphatic carbocycles. The fraction of sp³-hybridized carbons (Fsp3) is 0.167. The fourth-order valence-electron chi connectivity index (χ4n) is 1.46. The second-order valence-corrected chi connectivity index (χ2v) is 3.95. The lowest BCUT2D eigenvalue weighted by Crippen LogP contribution is -2.12. The van der Waals surface area contributed by atoms with E-state index in [2.05, 4.69) is 5.32 Å². The van der Waals surface area contributed by atoms with Crippen LogP contribution in [0.4, 0.5) is 4.39 Å². The van der Waals surface area contributed by atoms with Crippen LogP contribution in [0.2, 0.25) is 5.02 Å². The molecular formula is C12H11ClFNO. The SMILES string of the molecule is Fc1cc(Cl)cc(CNCc2ccoc2)c1. The van der Waals surface area contributed by atoms with Crippen LogP contribution in [0.1, 0.15) is 11.1 Å². The highest BCUT2D eigenvalue weighted by atomic mass is 35.5. The third kappa shape index (κ3) is 3.08. The number of benzene rings is 1. The molecule has 2 nitrogen and oxygen atoms in total. The molecule has 0 amide bonds. The molecule has 84 valence electrons. The highest BCUT2D eigenvalue weighted by Crippen LogP contribution is 2.14. The standard InChI is InChI=1S/C12H11ClFNO/c13-11-3-10(4-12(14)5-11)7-15-6-9-1-2-16-8-9/h1-5,8,15H,6-7H2. The van der Waals surface area contributed by atoms with Gasteiger partial charge in [-0.15, -0.1) is 0 Å². The molecule has 0 radical (unpaired) electrons. The second kappa shape index (κ2) is 5.14. The van der Waals surface area contributed by atoms with E-state index in [1.165, 1.54) is 12.1 Å². The van der Waals surface area contributed by atoms with Gasteiger partial charge in [0, 0.05) is 23.7 Å². The number of halogens is 2. The van der Waals surface area contributed by atoms with Crippen molar-refractivity contribution in [2.75, 3.05) is 0 Å². The summed E-state index contributed by atoms with van der Waals surface area (Å²) >= 11 is 5.75. The van der Waals surface area contributed by atoms with Gasteiger partial charge in [0.15, 0.2) is 0 Å². The lowest BCUT2D eigenvalue weighted by Gasteiger charge is -2.04. The van der Waals surface area contributed by atoms with E-state index in [1.54, 1.807) is 18.6 Å². The Hall–Kier alpha value is -1.32. The molecule has 0 saturated carbocycles. The van der Waals surface area contributed by atoms with Crippen molar-refractivity contribution in [3.8, 4) is 0 Å². The van der Waals surface area contributed by atoms with Crippen molar-refractivity contribution in [2.24, 2.45) is 0 Å². The van der Waals surface area contributed by atoms with E-state index < -0.39 is 0 Å². The third-order valence-corrected chi connectivity index (χ3v) is 2.38. The average Bonchev–Trinajstić information content (AvgIpc) is 2.69. The van der Waals surface area contributed by atoms with Gasteiger partial charge in [-0.05, 0) is 29.8 Å². The Morgan fingerprint density at radius 1 is 1.19 bits per heavy atom. The first-order valence-electron chi connectivity index (χ1n) is 4.91. The fourth-order valence-corrected chi connectivity index (χ4v) is 1.70. The largest absolute Gasteiger partial charge is 0.472 e. The van der Waals surface area contributed by atoms with Gasteiger partial charge in [0.05, 0.1) is 12.5 Å². The van der Waals surface area contributed by atoms with Crippen molar-refractivity contribution < 1.29 is 8.81 Å². The Balaban J connectivity index is 1.89. The molecule has 0 spiro atoms. The lowest BCUT2D eigenvalue weighted by molar-refractivity contribution is 0.560. The van der Waals surface area contributed by atoms with E-state index in [0.29, 0.717) is 18.1 Å². The van der Waals surface area contributed by atoms with E-state index in [0.717, 1.165) is 11.1 Å². The Morgan fingerprint density at radius 2 is 2.00 bits per heavy atom. The molecular weight excluding hydrogens is 229 g/mol. The molecule has 2 rings (SSSR count). The Bertz CT molecular complexity index is 436. The van der Waals surface area contributed by atoms with Crippen molar-refractivity contribution in [3.05, 3.63) is 58.8 Å². The molecule has 4 heteroatoms. The predicted octanol–water partition coefficient (Wildman–Crippen LogP) is 3.36. The quantitative estimate of drug-likeness (QED) is 0.885. The van der Waals surface area contributed by atoms with Crippen molar-refractivity contribution in [1.29, 1.82) is 0 Å². The van der Waals surface area contributed by atoms with Gasteiger partial charge in [0.2, 0.25) is 0 Å². The Kier molecular flexibility index (Phi) is 3.59. The first kappa shape index (κ1) is 11.2. The maximum Gasteiger partial charge on any atom is 0.125 e. The van der Waals surface area contributed by atoms with Gasteiger partial charge in [-0.1, -0.05) is 11.6 Å². The van der Waals surface area contributed by atoms with Crippen LogP contribution in [0, 0.1) is 5.82 Å². The topological polar surface area (TPSA) is 25.2 Å². The van der Waals surface area contributed by atoms with Crippen molar-refractivity contribution in [1.82, 2.24) is 5.32 Å². The van der Waals surface area contributed by atoms with Gasteiger partial charge in [0.1, 0.15) is 5.82 Å². The molecule has 1 N–H and O–H groups in total. The van der Waals surface area contributed by atoms with Crippen molar-refractivity contribution in [2.45, 2.75) is 13.1 Å². The van der Waals surface area contributed by atoms with Crippen LogP contribution in [0.5, 0.6) is 0 Å². The van der Waals surface area contributed by atoms with Gasteiger partial charge in [-0.2, -0.15) is 0 Å². The van der Waals surface area contributed by atoms with E-state index in [4.69, 9.17) is 16.0 Å². The van der Waals surface area contributed by atoms with Crippen molar-refractivity contribution in [3.63, 3.8) is 0 Å². The zero-order valence-electron chi connectivity index (χ0n) is 8.54. The monoisotopic (exact) mass is 239 g/mol. The highest BCUT2D eigenvalue weighted by Gasteiger charge is 1.99. The van der Waals surface area contributed by atoms with Crippen LogP contribution in [0.25, 0.3) is 0 Å². The van der Waals surface area contributed by atoms with Crippen LogP contribution in [0.15, 0.2) is 41.2 Å². The van der Waals surface area contributed by atoms with E-state index >= 15 is 0 Å². The zero-order valence-corrected chi connectivity index (χ0v) is 9.30. The van der Waals surface area contributed by atoms with Crippen molar-refractivity contribution >= 4 is 11.6 Å². The van der Waals surface area contributed by atoms with Gasteiger partial charge >= 0.3 is 0 Å². The highest BCUT2D eigenvalue weighted by molar-refractivity contribution is 6.30. The zero-order chi connectivity index (χ0) is 11.4. The lowest BCUT2D eigenvalue weighted by atomic mass is 10.2.